The van der Waals surface area contributed by atoms with Crippen LogP contribution in [0.5, 0.6) is 0 Å². The molecule has 4 heteroatoms. The molecule has 0 radical (unpaired) electrons. The number of H-pyrrole nitrogens is 1. The minimum Gasteiger partial charge on any atom is -0.330 e. The first kappa shape index (κ1) is 5.24. The highest BCUT2D eigenvalue weighted by atomic mass is 15.2. The lowest BCUT2D eigenvalue weighted by molar-refractivity contribution is 0.874. The molecule has 0 aliphatic heterocycles. The molecule has 4 nitrogen and oxygen atoms in total. The van der Waals surface area contributed by atoms with E-state index in [0.29, 0.717) is 6.54 Å². The summed E-state index contributed by atoms with van der Waals surface area (Å²) in [5, 5.41) is 6.39. The van der Waals surface area contributed by atoms with E-state index in [4.69, 9.17) is 5.73 Å². The highest BCUT2D eigenvalue weighted by Crippen LogP contribution is 1.82. The van der Waals surface area contributed by atoms with Crippen molar-refractivity contribution >= 4 is 0 Å². The van der Waals surface area contributed by atoms with Crippen LogP contribution < -0.4 is 5.73 Å². The molecule has 1 aromatic rings. The molecule has 0 atom stereocenters. The second kappa shape index (κ2) is 2.42. The average molecular weight is 112 g/mol. The Hall–Kier alpha value is -0.900. The Kier molecular flexibility index (Phi) is 1.58. The largest absolute Gasteiger partial charge is 0.330 e. The van der Waals surface area contributed by atoms with Crippen molar-refractivity contribution < 1.29 is 0 Å². The van der Waals surface area contributed by atoms with Crippen LogP contribution in [0.1, 0.15) is 5.82 Å². The Bertz CT molecular complexity index is 134. The number of hydrogen-bond donors (Lipinski definition) is 2. The van der Waals surface area contributed by atoms with E-state index in [2.05, 4.69) is 15.2 Å². The van der Waals surface area contributed by atoms with Gasteiger partial charge in [-0.3, -0.25) is 5.10 Å². The third-order valence-corrected chi connectivity index (χ3v) is 0.833. The molecule has 0 saturated heterocycles. The van der Waals surface area contributed by atoms with Crippen LogP contribution >= 0.6 is 0 Å². The molecule has 0 aliphatic rings. The Morgan fingerprint density at radius 2 is 2.62 bits per heavy atom. The maximum atomic E-state index is 5.23. The van der Waals surface area contributed by atoms with Crippen molar-refractivity contribution in [2.24, 2.45) is 5.73 Å². The zero-order valence-corrected chi connectivity index (χ0v) is 4.46. The highest BCUT2D eigenvalue weighted by molar-refractivity contribution is 4.79. The molecule has 0 spiro atoms. The number of nitrogens with two attached hydrogens (primary N) is 1. The summed E-state index contributed by atoms with van der Waals surface area (Å²) in [6, 6.07) is 0. The molecule has 0 saturated carbocycles. The number of nitrogens with one attached hydrogen (secondary N) is 1. The summed E-state index contributed by atoms with van der Waals surface area (Å²) in [6.45, 7) is 0.609. The summed E-state index contributed by atoms with van der Waals surface area (Å²) < 4.78 is 0. The molecule has 0 fully saturated rings. The molecule has 1 aromatic heterocycles. The first-order valence-corrected chi connectivity index (χ1v) is 2.48. The molecule has 0 aromatic carbocycles. The van der Waals surface area contributed by atoms with Gasteiger partial charge in [-0.2, -0.15) is 5.10 Å². The Labute approximate surface area is 47.1 Å². The van der Waals surface area contributed by atoms with Crippen molar-refractivity contribution in [1.29, 1.82) is 0 Å². The van der Waals surface area contributed by atoms with Crippen LogP contribution in [0.2, 0.25) is 0 Å². The summed E-state index contributed by atoms with van der Waals surface area (Å²) in [6.07, 6.45) is 2.30. The van der Waals surface area contributed by atoms with Crippen molar-refractivity contribution in [3.8, 4) is 0 Å². The van der Waals surface area contributed by atoms with Crippen LogP contribution in [0.3, 0.4) is 0 Å². The highest BCUT2D eigenvalue weighted by Gasteiger charge is 1.90. The summed E-state index contributed by atoms with van der Waals surface area (Å²) in [4.78, 5) is 3.86. The lowest BCUT2D eigenvalue weighted by Crippen LogP contribution is -2.03. The quantitative estimate of drug-likeness (QED) is 0.532. The fourth-order valence-electron chi connectivity index (χ4n) is 0.485. The molecule has 0 unspecified atom stereocenters. The van der Waals surface area contributed by atoms with Crippen molar-refractivity contribution in [2.45, 2.75) is 6.42 Å². The maximum absolute atomic E-state index is 5.23. The van der Waals surface area contributed by atoms with Crippen LogP contribution in [0.15, 0.2) is 6.33 Å². The van der Waals surface area contributed by atoms with Crippen molar-refractivity contribution in [3.63, 3.8) is 0 Å². The zero-order valence-electron chi connectivity index (χ0n) is 4.46. The normalized spacial score (nSPS) is 9.62. The van der Waals surface area contributed by atoms with E-state index in [1.165, 1.54) is 0 Å². The molecule has 44 valence electrons. The van der Waals surface area contributed by atoms with E-state index in [9.17, 15) is 0 Å². The molecule has 3 N–H and O–H groups in total. The van der Waals surface area contributed by atoms with Gasteiger partial charge in [0, 0.05) is 6.42 Å². The second-order valence-corrected chi connectivity index (χ2v) is 1.45. The van der Waals surface area contributed by atoms with E-state index in [-0.39, 0.29) is 0 Å². The third-order valence-electron chi connectivity index (χ3n) is 0.833. The van der Waals surface area contributed by atoms with Crippen LogP contribution in [-0.4, -0.2) is 21.7 Å². The van der Waals surface area contributed by atoms with E-state index in [1.807, 2.05) is 0 Å². The van der Waals surface area contributed by atoms with Gasteiger partial charge in [0.05, 0.1) is 0 Å². The van der Waals surface area contributed by atoms with E-state index in [1.54, 1.807) is 6.33 Å². The fraction of sp³-hybridized carbons (Fsp3) is 0.500. The van der Waals surface area contributed by atoms with E-state index >= 15 is 0 Å². The maximum Gasteiger partial charge on any atom is 0.151 e. The fourth-order valence-corrected chi connectivity index (χ4v) is 0.485. The minimum absolute atomic E-state index is 0.609. The first-order valence-electron chi connectivity index (χ1n) is 2.48. The zero-order chi connectivity index (χ0) is 5.82. The summed E-state index contributed by atoms with van der Waals surface area (Å²) in [5.41, 5.74) is 5.23. The van der Waals surface area contributed by atoms with Gasteiger partial charge in [0.1, 0.15) is 6.33 Å². The van der Waals surface area contributed by atoms with E-state index in [0.717, 1.165) is 12.2 Å². The van der Waals surface area contributed by atoms with Gasteiger partial charge < -0.3 is 5.73 Å². The Balaban J connectivity index is 2.50. The molecule has 0 bridgehead atoms. The summed E-state index contributed by atoms with van der Waals surface area (Å²) in [7, 11) is 0. The van der Waals surface area contributed by atoms with Gasteiger partial charge in [-0.15, -0.1) is 0 Å². The first-order chi connectivity index (χ1) is 3.93. The number of hydrogen-bond acceptors (Lipinski definition) is 3. The summed E-state index contributed by atoms with van der Waals surface area (Å²) in [5.74, 6) is 0.785. The monoisotopic (exact) mass is 112 g/mol. The van der Waals surface area contributed by atoms with Gasteiger partial charge in [-0.1, -0.05) is 0 Å². The van der Waals surface area contributed by atoms with Crippen LogP contribution in [0, 0.1) is 0 Å². The molecule has 0 amide bonds. The van der Waals surface area contributed by atoms with Gasteiger partial charge in [-0.05, 0) is 6.54 Å². The SMILES string of the molecule is NCCc1nc[nH]n1. The van der Waals surface area contributed by atoms with Crippen LogP contribution in [-0.2, 0) is 6.42 Å². The van der Waals surface area contributed by atoms with Crippen molar-refractivity contribution in [2.75, 3.05) is 6.54 Å². The van der Waals surface area contributed by atoms with E-state index < -0.39 is 0 Å². The van der Waals surface area contributed by atoms with Crippen LogP contribution in [0.25, 0.3) is 0 Å². The standard InChI is InChI=1S/C4H8N4/c5-2-1-4-6-3-7-8-4/h3H,1-2,5H2,(H,6,7,8). The molecular formula is C4H8N4. The summed E-state index contributed by atoms with van der Waals surface area (Å²) >= 11 is 0. The number of aromatic amines is 1. The molecule has 1 heterocycles. The van der Waals surface area contributed by atoms with Crippen LogP contribution in [0.4, 0.5) is 0 Å². The predicted molar refractivity (Wildman–Crippen MR) is 29.1 cm³/mol. The topological polar surface area (TPSA) is 67.6 Å². The Morgan fingerprint density at radius 3 is 3.12 bits per heavy atom. The van der Waals surface area contributed by atoms with Gasteiger partial charge in [0.15, 0.2) is 5.82 Å². The predicted octanol–water partition coefficient (Wildman–Crippen LogP) is -0.694. The average Bonchev–Trinajstić information content (AvgIpc) is 2.19. The van der Waals surface area contributed by atoms with Gasteiger partial charge >= 0.3 is 0 Å². The van der Waals surface area contributed by atoms with Crippen molar-refractivity contribution in [3.05, 3.63) is 12.2 Å². The van der Waals surface area contributed by atoms with Gasteiger partial charge in [-0.25, -0.2) is 4.98 Å². The van der Waals surface area contributed by atoms with Gasteiger partial charge in [0.2, 0.25) is 0 Å². The molecule has 1 rings (SSSR count). The minimum atomic E-state index is 0.609. The number of nitrogens with zero attached hydrogens (tertiary/aromatic N) is 2. The van der Waals surface area contributed by atoms with Gasteiger partial charge in [0.25, 0.3) is 0 Å². The van der Waals surface area contributed by atoms with Crippen molar-refractivity contribution in [1.82, 2.24) is 15.2 Å². The Morgan fingerprint density at radius 1 is 1.75 bits per heavy atom. The molecular weight excluding hydrogens is 104 g/mol. The lowest BCUT2D eigenvalue weighted by Gasteiger charge is -1.83. The smallest absolute Gasteiger partial charge is 0.151 e. The lowest BCUT2D eigenvalue weighted by atomic mass is 10.4. The molecule has 0 aliphatic carbocycles. The third kappa shape index (κ3) is 1.04. The second-order valence-electron chi connectivity index (χ2n) is 1.45. The number of aromatic nitrogens is 3. The number of rotatable bonds is 2. The molecule has 8 heavy (non-hydrogen) atoms.